The fourth-order valence-electron chi connectivity index (χ4n) is 1.96. The maximum Gasteiger partial charge on any atom is 0.125 e. The van der Waals surface area contributed by atoms with Gasteiger partial charge >= 0.3 is 0 Å². The number of anilines is 1. The number of aryl methyl sites for hydroxylation is 1. The number of hydrogen-bond acceptors (Lipinski definition) is 5. The van der Waals surface area contributed by atoms with E-state index in [9.17, 15) is 0 Å². The molecule has 4 nitrogen and oxygen atoms in total. The topological polar surface area (TPSA) is 51.4 Å². The van der Waals surface area contributed by atoms with Gasteiger partial charge in [0.2, 0.25) is 0 Å². The number of aromatic nitrogens is 1. The fraction of sp³-hybridized carbons (Fsp3) is 0.357. The molecule has 0 aliphatic heterocycles. The molecule has 1 aromatic heterocycles. The van der Waals surface area contributed by atoms with Crippen molar-refractivity contribution in [3.8, 4) is 5.75 Å². The van der Waals surface area contributed by atoms with Crippen LogP contribution >= 0.6 is 11.3 Å². The van der Waals surface area contributed by atoms with E-state index in [-0.39, 0.29) is 0 Å². The smallest absolute Gasteiger partial charge is 0.125 e. The molecule has 102 valence electrons. The van der Waals surface area contributed by atoms with Crippen LogP contribution in [0.1, 0.15) is 16.1 Å². The Morgan fingerprint density at radius 3 is 2.79 bits per heavy atom. The molecule has 0 aliphatic carbocycles. The summed E-state index contributed by atoms with van der Waals surface area (Å²) in [5.41, 5.74) is 10.6. The third kappa shape index (κ3) is 3.45. The van der Waals surface area contributed by atoms with Crippen molar-refractivity contribution in [3.63, 3.8) is 0 Å². The fourth-order valence-corrected chi connectivity index (χ4v) is 2.82. The highest BCUT2D eigenvalue weighted by Crippen LogP contribution is 2.23. The zero-order valence-electron chi connectivity index (χ0n) is 11.5. The van der Waals surface area contributed by atoms with Gasteiger partial charge in [-0.3, -0.25) is 4.90 Å². The first-order valence-corrected chi connectivity index (χ1v) is 6.98. The monoisotopic (exact) mass is 277 g/mol. The van der Waals surface area contributed by atoms with Crippen LogP contribution in [0, 0.1) is 6.92 Å². The first-order valence-electron chi connectivity index (χ1n) is 6.10. The molecule has 2 N–H and O–H groups in total. The van der Waals surface area contributed by atoms with Crippen molar-refractivity contribution in [2.45, 2.75) is 20.0 Å². The van der Waals surface area contributed by atoms with Crippen molar-refractivity contribution in [1.82, 2.24) is 9.88 Å². The summed E-state index contributed by atoms with van der Waals surface area (Å²) in [6.07, 6.45) is 0. The van der Waals surface area contributed by atoms with Gasteiger partial charge in [0, 0.05) is 35.3 Å². The summed E-state index contributed by atoms with van der Waals surface area (Å²) < 4.78 is 5.37. The first kappa shape index (κ1) is 13.8. The Balaban J connectivity index is 2.06. The van der Waals surface area contributed by atoms with E-state index in [0.29, 0.717) is 0 Å². The Kier molecular flexibility index (Phi) is 4.39. The van der Waals surface area contributed by atoms with E-state index < -0.39 is 0 Å². The van der Waals surface area contributed by atoms with Crippen molar-refractivity contribution in [2.24, 2.45) is 0 Å². The van der Waals surface area contributed by atoms with Crippen LogP contribution < -0.4 is 10.5 Å². The van der Waals surface area contributed by atoms with Crippen LogP contribution in [0.15, 0.2) is 23.7 Å². The van der Waals surface area contributed by atoms with Crippen LogP contribution in [-0.4, -0.2) is 24.0 Å². The van der Waals surface area contributed by atoms with Crippen LogP contribution in [-0.2, 0) is 13.1 Å². The molecular weight excluding hydrogens is 258 g/mol. The van der Waals surface area contributed by atoms with Crippen molar-refractivity contribution in [2.75, 3.05) is 19.9 Å². The molecule has 0 atom stereocenters. The third-order valence-corrected chi connectivity index (χ3v) is 3.93. The maximum absolute atomic E-state index is 5.76. The normalized spacial score (nSPS) is 10.9. The number of nitrogens with zero attached hydrogens (tertiary/aromatic N) is 2. The summed E-state index contributed by atoms with van der Waals surface area (Å²) in [4.78, 5) is 7.82. The molecule has 1 aromatic carbocycles. The second-order valence-corrected chi connectivity index (χ2v) is 5.54. The minimum absolute atomic E-state index is 0.724. The average Bonchev–Trinajstić information content (AvgIpc) is 2.77. The van der Waals surface area contributed by atoms with Gasteiger partial charge in [0.25, 0.3) is 0 Å². The molecule has 0 fully saturated rings. The van der Waals surface area contributed by atoms with Crippen LogP contribution in [0.25, 0.3) is 0 Å². The van der Waals surface area contributed by atoms with Gasteiger partial charge in [0.15, 0.2) is 0 Å². The van der Waals surface area contributed by atoms with Crippen molar-refractivity contribution in [1.29, 1.82) is 0 Å². The number of benzene rings is 1. The number of rotatable bonds is 5. The average molecular weight is 277 g/mol. The molecule has 0 amide bonds. The van der Waals surface area contributed by atoms with E-state index in [1.165, 1.54) is 4.88 Å². The molecule has 0 radical (unpaired) electrons. The quantitative estimate of drug-likeness (QED) is 0.854. The molecule has 2 rings (SSSR count). The van der Waals surface area contributed by atoms with Crippen LogP contribution in [0.5, 0.6) is 5.75 Å². The Bertz CT molecular complexity index is 553. The number of hydrogen-bond donors (Lipinski definition) is 1. The molecule has 0 saturated carbocycles. The second kappa shape index (κ2) is 6.04. The standard InChI is InChI=1S/C14H19N3OS/c1-10-14(19-9-16-10)8-17(2)7-11-4-5-12(15)6-13(11)18-3/h4-6,9H,7-8,15H2,1-3H3. The van der Waals surface area contributed by atoms with Gasteiger partial charge < -0.3 is 10.5 Å². The van der Waals surface area contributed by atoms with E-state index in [2.05, 4.69) is 16.9 Å². The minimum Gasteiger partial charge on any atom is -0.496 e. The molecule has 1 heterocycles. The van der Waals surface area contributed by atoms with Crippen molar-refractivity contribution < 1.29 is 4.74 Å². The Hall–Kier alpha value is -1.59. The Morgan fingerprint density at radius 1 is 1.37 bits per heavy atom. The third-order valence-electron chi connectivity index (χ3n) is 3.01. The molecule has 2 aromatic rings. The maximum atomic E-state index is 5.76. The van der Waals surface area contributed by atoms with Crippen molar-refractivity contribution >= 4 is 17.0 Å². The van der Waals surface area contributed by atoms with E-state index >= 15 is 0 Å². The Labute approximate surface area is 117 Å². The highest BCUT2D eigenvalue weighted by atomic mass is 32.1. The van der Waals surface area contributed by atoms with Crippen LogP contribution in [0.4, 0.5) is 5.69 Å². The van der Waals surface area contributed by atoms with Gasteiger partial charge in [0.1, 0.15) is 5.75 Å². The predicted molar refractivity (Wildman–Crippen MR) is 79.4 cm³/mol. The molecule has 0 unspecified atom stereocenters. The van der Waals surface area contributed by atoms with Crippen LogP contribution in [0.3, 0.4) is 0 Å². The first-order chi connectivity index (χ1) is 9.10. The number of thiazole rings is 1. The van der Waals surface area contributed by atoms with Gasteiger partial charge in [-0.05, 0) is 20.0 Å². The summed E-state index contributed by atoms with van der Waals surface area (Å²) in [6, 6.07) is 5.79. The molecule has 19 heavy (non-hydrogen) atoms. The van der Waals surface area contributed by atoms with E-state index in [1.807, 2.05) is 30.6 Å². The molecule has 0 spiro atoms. The summed E-state index contributed by atoms with van der Waals surface area (Å²) in [5.74, 6) is 0.841. The van der Waals surface area contributed by atoms with Gasteiger partial charge in [-0.2, -0.15) is 0 Å². The van der Waals surface area contributed by atoms with E-state index in [0.717, 1.165) is 35.8 Å². The van der Waals surface area contributed by atoms with E-state index in [1.54, 1.807) is 18.4 Å². The highest BCUT2D eigenvalue weighted by molar-refractivity contribution is 7.09. The predicted octanol–water partition coefficient (Wildman–Crippen LogP) is 2.67. The van der Waals surface area contributed by atoms with Gasteiger partial charge in [-0.25, -0.2) is 4.98 Å². The van der Waals surface area contributed by atoms with Crippen LogP contribution in [0.2, 0.25) is 0 Å². The number of nitrogens with two attached hydrogens (primary N) is 1. The van der Waals surface area contributed by atoms with Gasteiger partial charge in [-0.1, -0.05) is 6.07 Å². The molecular formula is C14H19N3OS. The zero-order chi connectivity index (χ0) is 13.8. The lowest BCUT2D eigenvalue weighted by atomic mass is 10.1. The van der Waals surface area contributed by atoms with Gasteiger partial charge in [0.05, 0.1) is 18.3 Å². The molecule has 0 saturated heterocycles. The zero-order valence-corrected chi connectivity index (χ0v) is 12.3. The Morgan fingerprint density at radius 2 is 2.16 bits per heavy atom. The lowest BCUT2D eigenvalue weighted by Crippen LogP contribution is -2.17. The van der Waals surface area contributed by atoms with Gasteiger partial charge in [-0.15, -0.1) is 11.3 Å². The number of ether oxygens (including phenoxy) is 1. The van der Waals surface area contributed by atoms with Crippen molar-refractivity contribution in [3.05, 3.63) is 39.8 Å². The highest BCUT2D eigenvalue weighted by Gasteiger charge is 2.09. The number of nitrogen functional groups attached to an aromatic ring is 1. The lowest BCUT2D eigenvalue weighted by molar-refractivity contribution is 0.312. The second-order valence-electron chi connectivity index (χ2n) is 4.60. The largest absolute Gasteiger partial charge is 0.496 e. The summed E-state index contributed by atoms with van der Waals surface area (Å²) in [5, 5.41) is 0. The summed E-state index contributed by atoms with van der Waals surface area (Å²) in [6.45, 7) is 3.76. The molecule has 0 bridgehead atoms. The molecule has 0 aliphatic rings. The molecule has 5 heteroatoms. The lowest BCUT2D eigenvalue weighted by Gasteiger charge is -2.18. The minimum atomic E-state index is 0.724. The summed E-state index contributed by atoms with van der Waals surface area (Å²) >= 11 is 1.70. The summed E-state index contributed by atoms with van der Waals surface area (Å²) in [7, 11) is 3.76. The van der Waals surface area contributed by atoms with E-state index in [4.69, 9.17) is 10.5 Å². The SMILES string of the molecule is COc1cc(N)ccc1CN(C)Cc1scnc1C. The number of methoxy groups -OCH3 is 1.